The molecule has 0 bridgehead atoms. The predicted octanol–water partition coefficient (Wildman–Crippen LogP) is 5.51. The van der Waals surface area contributed by atoms with E-state index in [-0.39, 0.29) is 17.4 Å². The van der Waals surface area contributed by atoms with Crippen molar-refractivity contribution < 1.29 is 23.1 Å². The summed E-state index contributed by atoms with van der Waals surface area (Å²) in [6.07, 6.45) is -1.77. The van der Waals surface area contributed by atoms with E-state index in [1.807, 2.05) is 81.4 Å². The first-order valence-corrected chi connectivity index (χ1v) is 14.0. The molecule has 3 rings (SSSR count). The molecule has 4 atom stereocenters. The normalized spacial score (nSPS) is 15.2. The van der Waals surface area contributed by atoms with E-state index in [4.69, 9.17) is 4.74 Å². The van der Waals surface area contributed by atoms with Crippen LogP contribution >= 0.6 is 0 Å². The number of aliphatic hydroxyl groups excluding tert-OH is 1. The molecule has 0 aliphatic rings. The molecule has 0 unspecified atom stereocenters. The summed E-state index contributed by atoms with van der Waals surface area (Å²) in [5.41, 5.74) is 2.44. The van der Waals surface area contributed by atoms with Crippen molar-refractivity contribution in [1.29, 1.82) is 0 Å². The second-order valence-electron chi connectivity index (χ2n) is 9.88. The Morgan fingerprint density at radius 1 is 0.865 bits per heavy atom. The third-order valence-corrected chi connectivity index (χ3v) is 8.59. The molecule has 0 saturated carbocycles. The first-order valence-electron chi connectivity index (χ1n) is 12.6. The van der Waals surface area contributed by atoms with Crippen molar-refractivity contribution in [1.82, 2.24) is 4.31 Å². The smallest absolute Gasteiger partial charge is 0.311 e. The number of hydrogen-bond acceptors (Lipinski definition) is 5. The van der Waals surface area contributed by atoms with Gasteiger partial charge >= 0.3 is 5.97 Å². The summed E-state index contributed by atoms with van der Waals surface area (Å²) in [4.78, 5) is 13.3. The summed E-state index contributed by atoms with van der Waals surface area (Å²) in [6.45, 7) is 9.05. The lowest BCUT2D eigenvalue weighted by molar-refractivity contribution is -0.161. The van der Waals surface area contributed by atoms with Crippen molar-refractivity contribution in [3.8, 4) is 0 Å². The second-order valence-corrected chi connectivity index (χ2v) is 11.8. The Bertz CT molecular complexity index is 1240. The second kappa shape index (κ2) is 12.5. The van der Waals surface area contributed by atoms with Gasteiger partial charge in [-0.25, -0.2) is 8.42 Å². The van der Waals surface area contributed by atoms with Crippen LogP contribution in [0.4, 0.5) is 0 Å². The van der Waals surface area contributed by atoms with Crippen molar-refractivity contribution >= 4 is 16.0 Å². The molecule has 1 N–H and O–H groups in total. The molecule has 3 aromatic rings. The maximum atomic E-state index is 14.0. The first kappa shape index (κ1) is 28.6. The van der Waals surface area contributed by atoms with E-state index in [1.54, 1.807) is 38.1 Å². The van der Waals surface area contributed by atoms with Crippen LogP contribution in [0.2, 0.25) is 0 Å². The van der Waals surface area contributed by atoms with Gasteiger partial charge in [0.05, 0.1) is 23.0 Å². The minimum atomic E-state index is -3.96. The number of ether oxygens (including phenoxy) is 1. The number of aryl methyl sites for hydroxylation is 1. The third kappa shape index (κ3) is 7.06. The Balaban J connectivity index is 2.05. The zero-order valence-electron chi connectivity index (χ0n) is 22.1. The van der Waals surface area contributed by atoms with Crippen molar-refractivity contribution in [3.63, 3.8) is 0 Å². The van der Waals surface area contributed by atoms with Crippen LogP contribution in [0.3, 0.4) is 0 Å². The summed E-state index contributed by atoms with van der Waals surface area (Å²) in [6, 6.07) is 24.4. The van der Waals surface area contributed by atoms with Crippen LogP contribution in [-0.4, -0.2) is 35.9 Å². The molecule has 0 aromatic heterocycles. The molecule has 0 aliphatic carbocycles. The molecule has 0 spiro atoms. The first-order chi connectivity index (χ1) is 17.5. The van der Waals surface area contributed by atoms with Crippen LogP contribution in [0.15, 0.2) is 89.8 Å². The van der Waals surface area contributed by atoms with Gasteiger partial charge in [-0.15, -0.1) is 0 Å². The fraction of sp³-hybridized carbons (Fsp3) is 0.367. The van der Waals surface area contributed by atoms with E-state index < -0.39 is 40.2 Å². The SMILES string of the molecule is Cc1ccc(S(=O)(=O)N(Cc2ccccc2)[C@@H](C)[C@H](OC(=O)[C@H](C)[C@H](O)C(C)C)c2ccccc2)cc1. The maximum absolute atomic E-state index is 14.0. The Morgan fingerprint density at radius 2 is 1.41 bits per heavy atom. The predicted molar refractivity (Wildman–Crippen MR) is 145 cm³/mol. The Morgan fingerprint density at radius 3 is 1.95 bits per heavy atom. The molecule has 0 aliphatic heterocycles. The minimum Gasteiger partial charge on any atom is -0.455 e. The van der Waals surface area contributed by atoms with E-state index in [9.17, 15) is 18.3 Å². The summed E-state index contributed by atoms with van der Waals surface area (Å²) in [5, 5.41) is 10.5. The fourth-order valence-electron chi connectivity index (χ4n) is 4.24. The van der Waals surface area contributed by atoms with E-state index in [2.05, 4.69) is 0 Å². The van der Waals surface area contributed by atoms with Crippen LogP contribution in [0.25, 0.3) is 0 Å². The minimum absolute atomic E-state index is 0.100. The van der Waals surface area contributed by atoms with E-state index in [0.717, 1.165) is 11.1 Å². The van der Waals surface area contributed by atoms with Crippen LogP contribution in [-0.2, 0) is 26.1 Å². The molecule has 0 fully saturated rings. The van der Waals surface area contributed by atoms with Crippen molar-refractivity contribution in [2.24, 2.45) is 11.8 Å². The van der Waals surface area contributed by atoms with Gasteiger partial charge < -0.3 is 9.84 Å². The summed E-state index contributed by atoms with van der Waals surface area (Å²) in [5.74, 6) is -1.48. The number of esters is 1. The van der Waals surface area contributed by atoms with Gasteiger partial charge in [0.1, 0.15) is 6.10 Å². The molecule has 3 aromatic carbocycles. The highest BCUT2D eigenvalue weighted by molar-refractivity contribution is 7.89. The highest BCUT2D eigenvalue weighted by Crippen LogP contribution is 2.32. The molecular weight excluding hydrogens is 486 g/mol. The Labute approximate surface area is 221 Å². The van der Waals surface area contributed by atoms with E-state index in [1.165, 1.54) is 4.31 Å². The monoisotopic (exact) mass is 523 g/mol. The van der Waals surface area contributed by atoms with Crippen LogP contribution in [0.5, 0.6) is 0 Å². The largest absolute Gasteiger partial charge is 0.455 e. The average Bonchev–Trinajstić information content (AvgIpc) is 2.90. The number of carbonyl (C=O) groups is 1. The molecule has 0 heterocycles. The van der Waals surface area contributed by atoms with E-state index >= 15 is 0 Å². The molecule has 0 saturated heterocycles. The zero-order chi connectivity index (χ0) is 27.2. The van der Waals surface area contributed by atoms with Gasteiger partial charge in [0.2, 0.25) is 10.0 Å². The van der Waals surface area contributed by atoms with Crippen LogP contribution in [0.1, 0.15) is 50.5 Å². The molecular formula is C30H37NO5S. The van der Waals surface area contributed by atoms with Crippen LogP contribution < -0.4 is 0 Å². The topological polar surface area (TPSA) is 83.9 Å². The van der Waals surface area contributed by atoms with Crippen molar-refractivity contribution in [2.75, 3.05) is 0 Å². The lowest BCUT2D eigenvalue weighted by Crippen LogP contribution is -2.43. The van der Waals surface area contributed by atoms with Crippen molar-refractivity contribution in [2.45, 2.75) is 64.3 Å². The molecule has 6 nitrogen and oxygen atoms in total. The van der Waals surface area contributed by atoms with Gasteiger partial charge in [-0.1, -0.05) is 92.2 Å². The van der Waals surface area contributed by atoms with Gasteiger partial charge in [-0.05, 0) is 49.9 Å². The average molecular weight is 524 g/mol. The molecule has 0 amide bonds. The van der Waals surface area contributed by atoms with Gasteiger partial charge in [-0.3, -0.25) is 4.79 Å². The number of aliphatic hydroxyl groups is 1. The van der Waals surface area contributed by atoms with E-state index in [0.29, 0.717) is 5.56 Å². The Hall–Kier alpha value is -3.00. The molecule has 7 heteroatoms. The number of nitrogens with zero attached hydrogens (tertiary/aromatic N) is 1. The molecule has 198 valence electrons. The zero-order valence-corrected chi connectivity index (χ0v) is 22.9. The number of rotatable bonds is 11. The summed E-state index contributed by atoms with van der Waals surface area (Å²) in [7, 11) is -3.96. The van der Waals surface area contributed by atoms with Gasteiger partial charge in [0.25, 0.3) is 0 Å². The third-order valence-electron chi connectivity index (χ3n) is 6.64. The number of hydrogen-bond donors (Lipinski definition) is 1. The van der Waals surface area contributed by atoms with Crippen molar-refractivity contribution in [3.05, 3.63) is 102 Å². The van der Waals surface area contributed by atoms with Crippen LogP contribution in [0, 0.1) is 18.8 Å². The maximum Gasteiger partial charge on any atom is 0.311 e. The lowest BCUT2D eigenvalue weighted by Gasteiger charge is -2.35. The standard InChI is InChI=1S/C30H37NO5S/c1-21(2)28(32)23(4)30(33)36-29(26-14-10-7-11-15-26)24(5)31(20-25-12-8-6-9-13-25)37(34,35)27-18-16-22(3)17-19-27/h6-19,21,23-24,28-29,32H,20H2,1-5H3/t23-,24+,28-,29+/m1/s1. The van der Waals surface area contributed by atoms with Gasteiger partial charge in [0, 0.05) is 6.54 Å². The molecule has 0 radical (unpaired) electrons. The van der Waals surface area contributed by atoms with Gasteiger partial charge in [0.15, 0.2) is 0 Å². The fourth-order valence-corrected chi connectivity index (χ4v) is 5.86. The Kier molecular flexibility index (Phi) is 9.65. The highest BCUT2D eigenvalue weighted by Gasteiger charge is 2.38. The summed E-state index contributed by atoms with van der Waals surface area (Å²) >= 11 is 0. The number of benzene rings is 3. The quantitative estimate of drug-likeness (QED) is 0.335. The summed E-state index contributed by atoms with van der Waals surface area (Å²) < 4.78 is 35.4. The lowest BCUT2D eigenvalue weighted by atomic mass is 9.94. The highest BCUT2D eigenvalue weighted by atomic mass is 32.2. The number of carbonyl (C=O) groups excluding carboxylic acids is 1. The molecule has 37 heavy (non-hydrogen) atoms. The van der Waals surface area contributed by atoms with Gasteiger partial charge in [-0.2, -0.15) is 4.31 Å². The number of sulfonamides is 1.